The normalized spacial score (nSPS) is 15.5. The molecule has 1 atom stereocenters. The zero-order valence-electron chi connectivity index (χ0n) is 8.72. The maximum absolute atomic E-state index is 3.80. The molecule has 0 amide bonds. The molecule has 0 rings (SSSR count). The number of hydrogen-bond donors (Lipinski definition) is 0. The predicted octanol–water partition coefficient (Wildman–Crippen LogP) is 3.97. The van der Waals surface area contributed by atoms with Crippen molar-refractivity contribution < 1.29 is 0 Å². The average molecular weight is 164 g/mol. The first-order valence-corrected chi connectivity index (χ1v) is 4.38. The van der Waals surface area contributed by atoms with E-state index in [0.717, 1.165) is 0 Å². The van der Waals surface area contributed by atoms with Crippen LogP contribution in [-0.2, 0) is 0 Å². The maximum atomic E-state index is 3.80. The highest BCUT2D eigenvalue weighted by Gasteiger charge is 2.21. The van der Waals surface area contributed by atoms with Gasteiger partial charge in [-0.3, -0.25) is 0 Å². The van der Waals surface area contributed by atoms with E-state index in [1.165, 1.54) is 5.57 Å². The predicted molar refractivity (Wildman–Crippen MR) is 57.1 cm³/mol. The summed E-state index contributed by atoms with van der Waals surface area (Å²) in [6, 6.07) is 0. The van der Waals surface area contributed by atoms with Crippen molar-refractivity contribution in [2.45, 2.75) is 27.7 Å². The van der Waals surface area contributed by atoms with Crippen LogP contribution in [0.4, 0.5) is 0 Å². The van der Waals surface area contributed by atoms with E-state index in [1.54, 1.807) is 0 Å². The van der Waals surface area contributed by atoms with Crippen LogP contribution in [0.25, 0.3) is 0 Å². The Balaban J connectivity index is 4.64. The van der Waals surface area contributed by atoms with E-state index in [-0.39, 0.29) is 0 Å². The summed E-state index contributed by atoms with van der Waals surface area (Å²) in [6.07, 6.45) is 5.76. The van der Waals surface area contributed by atoms with Gasteiger partial charge in [-0.2, -0.15) is 0 Å². The van der Waals surface area contributed by atoms with Crippen LogP contribution in [0.5, 0.6) is 0 Å². The van der Waals surface area contributed by atoms with Crippen LogP contribution in [0, 0.1) is 11.3 Å². The molecule has 12 heavy (non-hydrogen) atoms. The third-order valence-electron chi connectivity index (χ3n) is 2.35. The lowest BCUT2D eigenvalue weighted by atomic mass is 9.77. The quantitative estimate of drug-likeness (QED) is 0.554. The Morgan fingerprint density at radius 3 is 2.00 bits per heavy atom. The van der Waals surface area contributed by atoms with Gasteiger partial charge in [-0.15, -0.1) is 0 Å². The minimum atomic E-state index is 0.295. The summed E-state index contributed by atoms with van der Waals surface area (Å²) in [6.45, 7) is 16.4. The van der Waals surface area contributed by atoms with Gasteiger partial charge in [-0.05, 0) is 16.9 Å². The van der Waals surface area contributed by atoms with Crippen LogP contribution in [0.3, 0.4) is 0 Å². The smallest absolute Gasteiger partial charge is 0.0142 e. The van der Waals surface area contributed by atoms with Crippen LogP contribution in [0.2, 0.25) is 0 Å². The summed E-state index contributed by atoms with van der Waals surface area (Å²) in [4.78, 5) is 0. The van der Waals surface area contributed by atoms with Crippen molar-refractivity contribution in [2.75, 3.05) is 0 Å². The van der Waals surface area contributed by atoms with Crippen LogP contribution >= 0.6 is 0 Å². The van der Waals surface area contributed by atoms with Gasteiger partial charge in [0, 0.05) is 0 Å². The van der Waals surface area contributed by atoms with Gasteiger partial charge in [0.05, 0.1) is 0 Å². The van der Waals surface area contributed by atoms with Crippen molar-refractivity contribution >= 4 is 0 Å². The van der Waals surface area contributed by atoms with Gasteiger partial charge < -0.3 is 0 Å². The van der Waals surface area contributed by atoms with Gasteiger partial charge in [0.2, 0.25) is 0 Å². The zero-order chi connectivity index (χ0) is 9.78. The van der Waals surface area contributed by atoms with E-state index >= 15 is 0 Å². The van der Waals surface area contributed by atoms with Crippen LogP contribution in [0.1, 0.15) is 27.7 Å². The summed E-state index contributed by atoms with van der Waals surface area (Å²) in [5, 5.41) is 0. The topological polar surface area (TPSA) is 0 Å². The number of rotatable bonds is 3. The zero-order valence-corrected chi connectivity index (χ0v) is 8.72. The molecule has 0 bridgehead atoms. The average Bonchev–Trinajstić information content (AvgIpc) is 1.97. The van der Waals surface area contributed by atoms with Crippen molar-refractivity contribution in [1.29, 1.82) is 0 Å². The molecular formula is C12H20. The third-order valence-corrected chi connectivity index (χ3v) is 2.35. The highest BCUT2D eigenvalue weighted by molar-refractivity contribution is 5.24. The molecule has 0 fully saturated rings. The second-order valence-corrected chi connectivity index (χ2v) is 4.19. The molecule has 0 aliphatic rings. The molecule has 0 aromatic heterocycles. The Labute approximate surface area is 76.7 Å². The molecule has 0 N–H and O–H groups in total. The number of hydrogen-bond acceptors (Lipinski definition) is 0. The monoisotopic (exact) mass is 164 g/mol. The lowest BCUT2D eigenvalue weighted by molar-refractivity contribution is 0.305. The molecular weight excluding hydrogens is 144 g/mol. The van der Waals surface area contributed by atoms with Gasteiger partial charge in [-0.25, -0.2) is 0 Å². The second kappa shape index (κ2) is 4.30. The molecule has 0 saturated heterocycles. The van der Waals surface area contributed by atoms with E-state index in [9.17, 15) is 0 Å². The SMILES string of the molecule is C=C/C=C(\C=C)C(C)C(C)(C)C. The van der Waals surface area contributed by atoms with E-state index in [2.05, 4.69) is 40.9 Å². The highest BCUT2D eigenvalue weighted by atomic mass is 14.3. The second-order valence-electron chi connectivity index (χ2n) is 4.19. The molecule has 0 radical (unpaired) electrons. The van der Waals surface area contributed by atoms with Gasteiger partial charge in [0.15, 0.2) is 0 Å². The Bertz CT molecular complexity index is 189. The molecule has 0 aliphatic carbocycles. The Morgan fingerprint density at radius 2 is 1.75 bits per heavy atom. The van der Waals surface area contributed by atoms with Gasteiger partial charge in [0.25, 0.3) is 0 Å². The lowest BCUT2D eigenvalue weighted by Gasteiger charge is -2.28. The molecule has 0 heteroatoms. The van der Waals surface area contributed by atoms with Crippen molar-refractivity contribution in [1.82, 2.24) is 0 Å². The molecule has 0 aromatic rings. The van der Waals surface area contributed by atoms with Gasteiger partial charge in [0.1, 0.15) is 0 Å². The third kappa shape index (κ3) is 3.08. The Kier molecular flexibility index (Phi) is 4.02. The summed E-state index contributed by atoms with van der Waals surface area (Å²) in [5.41, 5.74) is 1.56. The van der Waals surface area contributed by atoms with E-state index in [4.69, 9.17) is 0 Å². The van der Waals surface area contributed by atoms with Crippen molar-refractivity contribution in [2.24, 2.45) is 11.3 Å². The Hall–Kier alpha value is -0.780. The molecule has 68 valence electrons. The highest BCUT2D eigenvalue weighted by Crippen LogP contribution is 2.31. The van der Waals surface area contributed by atoms with Crippen LogP contribution in [-0.4, -0.2) is 0 Å². The standard InChI is InChI=1S/C12H20/c1-7-9-11(8-2)10(3)12(4,5)6/h7-10H,1-2H2,3-6H3/b11-9+. The fourth-order valence-electron chi connectivity index (χ4n) is 1.03. The maximum Gasteiger partial charge on any atom is -0.0142 e. The van der Waals surface area contributed by atoms with Crippen LogP contribution < -0.4 is 0 Å². The number of allylic oxidation sites excluding steroid dienone is 4. The summed E-state index contributed by atoms with van der Waals surface area (Å²) in [7, 11) is 0. The molecule has 0 heterocycles. The fourth-order valence-corrected chi connectivity index (χ4v) is 1.03. The largest absolute Gasteiger partial charge is 0.0991 e. The Morgan fingerprint density at radius 1 is 1.25 bits per heavy atom. The summed E-state index contributed by atoms with van der Waals surface area (Å²) < 4.78 is 0. The molecule has 0 spiro atoms. The molecule has 0 saturated carbocycles. The summed E-state index contributed by atoms with van der Waals surface area (Å²) in [5.74, 6) is 0.521. The van der Waals surface area contributed by atoms with Crippen molar-refractivity contribution in [3.8, 4) is 0 Å². The fraction of sp³-hybridized carbons (Fsp3) is 0.500. The molecule has 1 unspecified atom stereocenters. The van der Waals surface area contributed by atoms with Gasteiger partial charge in [-0.1, -0.05) is 59.1 Å². The molecule has 0 aliphatic heterocycles. The van der Waals surface area contributed by atoms with E-state index in [0.29, 0.717) is 11.3 Å². The lowest BCUT2D eigenvalue weighted by Crippen LogP contribution is -2.18. The molecule has 0 aromatic carbocycles. The first kappa shape index (κ1) is 11.2. The molecule has 0 nitrogen and oxygen atoms in total. The minimum absolute atomic E-state index is 0.295. The minimum Gasteiger partial charge on any atom is -0.0991 e. The van der Waals surface area contributed by atoms with E-state index in [1.807, 2.05) is 18.2 Å². The summed E-state index contributed by atoms with van der Waals surface area (Å²) >= 11 is 0. The van der Waals surface area contributed by atoms with Gasteiger partial charge >= 0.3 is 0 Å². The van der Waals surface area contributed by atoms with Crippen molar-refractivity contribution in [3.05, 3.63) is 37.0 Å². The van der Waals surface area contributed by atoms with E-state index < -0.39 is 0 Å². The first-order valence-electron chi connectivity index (χ1n) is 4.38. The first-order chi connectivity index (χ1) is 5.43. The van der Waals surface area contributed by atoms with Crippen LogP contribution in [0.15, 0.2) is 37.0 Å². The van der Waals surface area contributed by atoms with Crippen molar-refractivity contribution in [3.63, 3.8) is 0 Å².